The summed E-state index contributed by atoms with van der Waals surface area (Å²) in [6, 6.07) is 5.00. The zero-order chi connectivity index (χ0) is 25.6. The van der Waals surface area contributed by atoms with Crippen molar-refractivity contribution in [1.29, 1.82) is 0 Å². The Kier molecular flexibility index (Phi) is 6.25. The number of aromatic nitrogens is 3. The Morgan fingerprint density at radius 2 is 2.03 bits per heavy atom. The molecule has 0 aliphatic carbocycles. The topological polar surface area (TPSA) is 101 Å². The number of aryl methyl sites for hydroxylation is 1. The largest absolute Gasteiger partial charge is 0.493 e. The van der Waals surface area contributed by atoms with Crippen LogP contribution in [0.5, 0.6) is 11.6 Å². The van der Waals surface area contributed by atoms with Gasteiger partial charge in [0, 0.05) is 30.6 Å². The minimum atomic E-state index is -1.18. The summed E-state index contributed by atoms with van der Waals surface area (Å²) in [5, 5.41) is 18.0. The Labute approximate surface area is 210 Å². The van der Waals surface area contributed by atoms with E-state index in [9.17, 15) is 18.7 Å². The van der Waals surface area contributed by atoms with Crippen LogP contribution in [0.25, 0.3) is 11.3 Å². The number of rotatable bonds is 5. The summed E-state index contributed by atoms with van der Waals surface area (Å²) in [7, 11) is 1.27. The van der Waals surface area contributed by atoms with E-state index in [2.05, 4.69) is 15.2 Å². The van der Waals surface area contributed by atoms with E-state index in [0.29, 0.717) is 36.5 Å². The van der Waals surface area contributed by atoms with Crippen molar-refractivity contribution in [1.82, 2.24) is 15.2 Å². The molecule has 1 aromatic carbocycles. The molecule has 12 heteroatoms. The summed E-state index contributed by atoms with van der Waals surface area (Å²) in [5.74, 6) is -0.920. The number of nitrogens with zero attached hydrogens (tertiary/aromatic N) is 5. The van der Waals surface area contributed by atoms with Gasteiger partial charge in [0.2, 0.25) is 5.88 Å². The van der Waals surface area contributed by atoms with Crippen LogP contribution in [0.1, 0.15) is 17.5 Å². The number of methoxy groups -OCH3 is 1. The lowest BCUT2D eigenvalue weighted by Crippen LogP contribution is -2.48. The Balaban J connectivity index is 1.50. The number of amides is 1. The van der Waals surface area contributed by atoms with Crippen molar-refractivity contribution in [2.45, 2.75) is 31.4 Å². The summed E-state index contributed by atoms with van der Waals surface area (Å²) < 4.78 is 39.6. The van der Waals surface area contributed by atoms with E-state index in [1.807, 2.05) is 17.9 Å². The van der Waals surface area contributed by atoms with Crippen LogP contribution < -0.4 is 19.3 Å². The van der Waals surface area contributed by atoms with Crippen molar-refractivity contribution in [2.24, 2.45) is 0 Å². The highest BCUT2D eigenvalue weighted by Gasteiger charge is 2.42. The fourth-order valence-corrected chi connectivity index (χ4v) is 4.98. The van der Waals surface area contributed by atoms with Gasteiger partial charge >= 0.3 is 6.09 Å². The van der Waals surface area contributed by atoms with Crippen LogP contribution in [0, 0.1) is 18.6 Å². The molecule has 0 unspecified atom stereocenters. The number of carbonyl (C=O) groups is 1. The van der Waals surface area contributed by atoms with Crippen molar-refractivity contribution >= 4 is 29.2 Å². The average Bonchev–Trinajstić information content (AvgIpc) is 3.25. The number of benzene rings is 1. The second kappa shape index (κ2) is 9.38. The number of halogens is 3. The van der Waals surface area contributed by atoms with Gasteiger partial charge in [-0.2, -0.15) is 0 Å². The molecule has 0 saturated carbocycles. The van der Waals surface area contributed by atoms with E-state index in [0.717, 1.165) is 22.1 Å². The second-order valence-electron chi connectivity index (χ2n) is 8.66. The third kappa shape index (κ3) is 4.23. The lowest BCUT2D eigenvalue weighted by atomic mass is 10.1. The van der Waals surface area contributed by atoms with Gasteiger partial charge in [-0.05, 0) is 30.2 Å². The molecule has 2 aliphatic heterocycles. The Morgan fingerprint density at radius 3 is 2.72 bits per heavy atom. The molecule has 1 N–H and O–H groups in total. The molecule has 9 nitrogen and oxygen atoms in total. The van der Waals surface area contributed by atoms with Crippen LogP contribution in [0.15, 0.2) is 30.5 Å². The molecular formula is C24H22ClF2N5O4. The number of hydrogen-bond donors (Lipinski definition) is 1. The average molecular weight is 518 g/mol. The normalized spacial score (nSPS) is 18.6. The molecule has 1 amide bonds. The molecule has 5 rings (SSSR count). The highest BCUT2D eigenvalue weighted by Crippen LogP contribution is 2.42. The second-order valence-corrected chi connectivity index (χ2v) is 8.93. The predicted octanol–water partition coefficient (Wildman–Crippen LogP) is 4.40. The molecule has 2 aromatic heterocycles. The van der Waals surface area contributed by atoms with Gasteiger partial charge in [0.1, 0.15) is 11.9 Å². The summed E-state index contributed by atoms with van der Waals surface area (Å²) in [4.78, 5) is 19.4. The van der Waals surface area contributed by atoms with E-state index in [1.54, 1.807) is 12.3 Å². The number of hydrogen-bond acceptors (Lipinski definition) is 7. The molecule has 1 fully saturated rings. The molecule has 0 bridgehead atoms. The maximum atomic E-state index is 14.3. The Hall–Kier alpha value is -3.73. The van der Waals surface area contributed by atoms with Crippen LogP contribution >= 0.6 is 11.6 Å². The summed E-state index contributed by atoms with van der Waals surface area (Å²) in [5.41, 5.74) is 2.56. The lowest BCUT2D eigenvalue weighted by molar-refractivity contribution is 0.199. The number of alkyl halides is 1. The smallest absolute Gasteiger partial charge is 0.413 e. The van der Waals surface area contributed by atoms with Crippen LogP contribution in [-0.2, 0) is 5.88 Å². The first-order valence-corrected chi connectivity index (χ1v) is 11.7. The summed E-state index contributed by atoms with van der Waals surface area (Å²) in [6.07, 6.45) is 0.764. The van der Waals surface area contributed by atoms with Crippen LogP contribution in [0.4, 0.5) is 25.1 Å². The molecular weight excluding hydrogens is 496 g/mol. The number of anilines is 2. The summed E-state index contributed by atoms with van der Waals surface area (Å²) >= 11 is 5.92. The number of ether oxygens (including phenoxy) is 2. The van der Waals surface area contributed by atoms with Gasteiger partial charge in [-0.3, -0.25) is 4.90 Å². The van der Waals surface area contributed by atoms with Crippen LogP contribution in [0.2, 0.25) is 0 Å². The fourth-order valence-electron chi connectivity index (χ4n) is 4.70. The van der Waals surface area contributed by atoms with E-state index in [4.69, 9.17) is 21.1 Å². The first kappa shape index (κ1) is 24.0. The third-order valence-corrected chi connectivity index (χ3v) is 6.72. The number of pyridine rings is 1. The molecule has 0 spiro atoms. The third-order valence-electron chi connectivity index (χ3n) is 6.43. The monoisotopic (exact) mass is 517 g/mol. The standard InChI is InChI=1S/C24H22ClF2N5O4/c1-12-3-21(28-9-13(12)8-25)36-16-6-15-10-32(24(33)34)23-20(31(15)11-16)7-19(29-30-23)17-4-14(26)5-18(27)22(17)35-2/h3-5,7,9,15-16H,6,8,10-11H2,1-2H3,(H,33,34)/t15-,16-/m1/s1. The maximum Gasteiger partial charge on any atom is 0.413 e. The molecule has 1 saturated heterocycles. The van der Waals surface area contributed by atoms with Crippen molar-refractivity contribution in [3.8, 4) is 22.9 Å². The van der Waals surface area contributed by atoms with Gasteiger partial charge in [0.25, 0.3) is 0 Å². The molecule has 3 aromatic rings. The quantitative estimate of drug-likeness (QED) is 0.497. The molecule has 36 heavy (non-hydrogen) atoms. The van der Waals surface area contributed by atoms with Gasteiger partial charge in [-0.15, -0.1) is 21.8 Å². The molecule has 4 heterocycles. The lowest BCUT2D eigenvalue weighted by Gasteiger charge is -2.37. The minimum Gasteiger partial charge on any atom is -0.493 e. The minimum absolute atomic E-state index is 0.0698. The van der Waals surface area contributed by atoms with Crippen molar-refractivity contribution in [3.05, 3.63) is 53.2 Å². The zero-order valence-electron chi connectivity index (χ0n) is 19.4. The van der Waals surface area contributed by atoms with E-state index < -0.39 is 17.7 Å². The van der Waals surface area contributed by atoms with Gasteiger partial charge in [-0.1, -0.05) is 0 Å². The molecule has 2 atom stereocenters. The van der Waals surface area contributed by atoms with Gasteiger partial charge in [0.15, 0.2) is 17.4 Å². The number of fused-ring (bicyclic) bond motifs is 3. The fraction of sp³-hybridized carbons (Fsp3) is 0.333. The van der Waals surface area contributed by atoms with Gasteiger partial charge in [0.05, 0.1) is 43.2 Å². The zero-order valence-corrected chi connectivity index (χ0v) is 20.2. The van der Waals surface area contributed by atoms with Crippen molar-refractivity contribution in [3.63, 3.8) is 0 Å². The van der Waals surface area contributed by atoms with Crippen LogP contribution in [0.3, 0.4) is 0 Å². The first-order chi connectivity index (χ1) is 17.3. The van der Waals surface area contributed by atoms with Crippen LogP contribution in [-0.4, -0.2) is 58.7 Å². The Morgan fingerprint density at radius 1 is 1.22 bits per heavy atom. The van der Waals surface area contributed by atoms with Gasteiger partial charge < -0.3 is 19.5 Å². The van der Waals surface area contributed by atoms with E-state index in [-0.39, 0.29) is 41.5 Å². The first-order valence-electron chi connectivity index (χ1n) is 11.2. The highest BCUT2D eigenvalue weighted by molar-refractivity contribution is 6.17. The SMILES string of the molecule is COc1c(F)cc(F)cc1-c1cc2c(nn1)N(C(=O)O)C[C@H]1C[C@@H](Oc3cc(C)c(CCl)cn3)CN21. The number of carboxylic acid groups (broad SMARTS) is 1. The molecule has 188 valence electrons. The van der Waals surface area contributed by atoms with Crippen molar-refractivity contribution < 1.29 is 28.2 Å². The maximum absolute atomic E-state index is 14.3. The van der Waals surface area contributed by atoms with E-state index in [1.165, 1.54) is 7.11 Å². The molecule has 0 radical (unpaired) electrons. The van der Waals surface area contributed by atoms with E-state index >= 15 is 0 Å². The summed E-state index contributed by atoms with van der Waals surface area (Å²) in [6.45, 7) is 2.53. The van der Waals surface area contributed by atoms with Crippen molar-refractivity contribution in [2.75, 3.05) is 30.0 Å². The van der Waals surface area contributed by atoms with Gasteiger partial charge in [-0.25, -0.2) is 18.6 Å². The molecule has 2 aliphatic rings. The Bertz CT molecular complexity index is 1340. The highest BCUT2D eigenvalue weighted by atomic mass is 35.5. The predicted molar refractivity (Wildman–Crippen MR) is 128 cm³/mol.